The van der Waals surface area contributed by atoms with Gasteiger partial charge in [-0.15, -0.1) is 0 Å². The van der Waals surface area contributed by atoms with E-state index in [2.05, 4.69) is 20.9 Å². The molecule has 2 aromatic rings. The summed E-state index contributed by atoms with van der Waals surface area (Å²) in [5.74, 6) is 0.374. The number of anilines is 1. The number of halogens is 2. The van der Waals surface area contributed by atoms with Gasteiger partial charge in [-0.05, 0) is 34.1 Å². The van der Waals surface area contributed by atoms with Gasteiger partial charge in [0.05, 0.1) is 11.9 Å². The van der Waals surface area contributed by atoms with Gasteiger partial charge < -0.3 is 10.5 Å². The standard InChI is InChI=1S/C11H8BrFN2O/c12-7-3-9(6-15-5-7)16-11-4-8(13)1-2-10(11)14/h1-6H,14H2. The first-order chi connectivity index (χ1) is 7.65. The molecule has 5 heteroatoms. The molecule has 0 unspecified atom stereocenters. The van der Waals surface area contributed by atoms with Crippen molar-refractivity contribution >= 4 is 21.6 Å². The highest BCUT2D eigenvalue weighted by Crippen LogP contribution is 2.28. The molecule has 2 N–H and O–H groups in total. The summed E-state index contributed by atoms with van der Waals surface area (Å²) < 4.78 is 19.2. The molecule has 0 radical (unpaired) electrons. The second kappa shape index (κ2) is 4.49. The van der Waals surface area contributed by atoms with E-state index in [4.69, 9.17) is 10.5 Å². The molecule has 0 aliphatic heterocycles. The Kier molecular flexibility index (Phi) is 3.05. The monoisotopic (exact) mass is 282 g/mol. The average Bonchev–Trinajstić information content (AvgIpc) is 2.24. The molecule has 16 heavy (non-hydrogen) atoms. The van der Waals surface area contributed by atoms with Crippen LogP contribution in [0.15, 0.2) is 41.1 Å². The van der Waals surface area contributed by atoms with E-state index in [0.717, 1.165) is 4.47 Å². The molecule has 0 saturated heterocycles. The van der Waals surface area contributed by atoms with E-state index in [1.54, 1.807) is 12.3 Å². The van der Waals surface area contributed by atoms with Crippen molar-refractivity contribution < 1.29 is 9.13 Å². The lowest BCUT2D eigenvalue weighted by Crippen LogP contribution is -1.93. The molecule has 0 fully saturated rings. The van der Waals surface area contributed by atoms with E-state index in [1.165, 1.54) is 24.4 Å². The van der Waals surface area contributed by atoms with Gasteiger partial charge in [-0.2, -0.15) is 0 Å². The molecule has 0 aliphatic carbocycles. The van der Waals surface area contributed by atoms with E-state index < -0.39 is 5.82 Å². The van der Waals surface area contributed by atoms with Crippen LogP contribution in [0.25, 0.3) is 0 Å². The molecule has 0 amide bonds. The van der Waals surface area contributed by atoms with Gasteiger partial charge in [-0.3, -0.25) is 4.98 Å². The van der Waals surface area contributed by atoms with Crippen molar-refractivity contribution in [1.82, 2.24) is 4.98 Å². The number of hydrogen-bond donors (Lipinski definition) is 1. The molecular weight excluding hydrogens is 275 g/mol. The van der Waals surface area contributed by atoms with Gasteiger partial charge in [-0.25, -0.2) is 4.39 Å². The van der Waals surface area contributed by atoms with E-state index in [9.17, 15) is 4.39 Å². The Balaban J connectivity index is 2.30. The minimum absolute atomic E-state index is 0.278. The number of nitrogen functional groups attached to an aromatic ring is 1. The number of ether oxygens (including phenoxy) is 1. The van der Waals surface area contributed by atoms with Crippen LogP contribution in [0, 0.1) is 5.82 Å². The van der Waals surface area contributed by atoms with Crippen LogP contribution in [-0.4, -0.2) is 4.98 Å². The summed E-state index contributed by atoms with van der Waals surface area (Å²) in [4.78, 5) is 3.93. The topological polar surface area (TPSA) is 48.1 Å². The van der Waals surface area contributed by atoms with Crippen molar-refractivity contribution in [3.8, 4) is 11.5 Å². The number of benzene rings is 1. The van der Waals surface area contributed by atoms with Crippen molar-refractivity contribution in [2.45, 2.75) is 0 Å². The first-order valence-electron chi connectivity index (χ1n) is 4.48. The maximum absolute atomic E-state index is 13.0. The molecular formula is C11H8BrFN2O. The number of aromatic nitrogens is 1. The number of pyridine rings is 1. The Morgan fingerprint density at radius 3 is 2.81 bits per heavy atom. The fourth-order valence-electron chi connectivity index (χ4n) is 1.17. The van der Waals surface area contributed by atoms with E-state index in [1.807, 2.05) is 0 Å². The Hall–Kier alpha value is -1.62. The molecule has 0 bridgehead atoms. The average molecular weight is 283 g/mol. The Bertz CT molecular complexity index is 519. The van der Waals surface area contributed by atoms with Gasteiger partial charge >= 0.3 is 0 Å². The summed E-state index contributed by atoms with van der Waals surface area (Å²) >= 11 is 3.26. The van der Waals surface area contributed by atoms with Crippen LogP contribution in [0.1, 0.15) is 0 Å². The van der Waals surface area contributed by atoms with Crippen LogP contribution in [0.4, 0.5) is 10.1 Å². The highest BCUT2D eigenvalue weighted by molar-refractivity contribution is 9.10. The van der Waals surface area contributed by atoms with Crippen LogP contribution in [0.2, 0.25) is 0 Å². The van der Waals surface area contributed by atoms with Crippen LogP contribution in [0.3, 0.4) is 0 Å². The number of rotatable bonds is 2. The Morgan fingerprint density at radius 2 is 2.06 bits per heavy atom. The number of hydrogen-bond acceptors (Lipinski definition) is 3. The molecule has 1 heterocycles. The SMILES string of the molecule is Nc1ccc(F)cc1Oc1cncc(Br)c1. The minimum atomic E-state index is -0.396. The maximum atomic E-state index is 13.0. The van der Waals surface area contributed by atoms with Gasteiger partial charge in [0.1, 0.15) is 11.6 Å². The zero-order valence-corrected chi connectivity index (χ0v) is 9.74. The van der Waals surface area contributed by atoms with Crippen molar-refractivity contribution in [1.29, 1.82) is 0 Å². The highest BCUT2D eigenvalue weighted by Gasteiger charge is 2.04. The van der Waals surface area contributed by atoms with Gasteiger partial charge in [0, 0.05) is 16.7 Å². The van der Waals surface area contributed by atoms with E-state index >= 15 is 0 Å². The quantitative estimate of drug-likeness (QED) is 0.860. The third kappa shape index (κ3) is 2.49. The molecule has 1 aromatic heterocycles. The van der Waals surface area contributed by atoms with Crippen molar-refractivity contribution in [3.63, 3.8) is 0 Å². The van der Waals surface area contributed by atoms with Crippen LogP contribution < -0.4 is 10.5 Å². The second-order valence-corrected chi connectivity index (χ2v) is 4.04. The number of nitrogens with zero attached hydrogens (tertiary/aromatic N) is 1. The highest BCUT2D eigenvalue weighted by atomic mass is 79.9. The third-order valence-electron chi connectivity index (χ3n) is 1.88. The van der Waals surface area contributed by atoms with Gasteiger partial charge in [0.15, 0.2) is 5.75 Å². The summed E-state index contributed by atoms with van der Waals surface area (Å²) in [6, 6.07) is 5.69. The lowest BCUT2D eigenvalue weighted by molar-refractivity contribution is 0.476. The Labute approximate surface area is 100 Å². The van der Waals surface area contributed by atoms with Crippen LogP contribution in [0.5, 0.6) is 11.5 Å². The zero-order chi connectivity index (χ0) is 11.5. The predicted molar refractivity (Wildman–Crippen MR) is 62.8 cm³/mol. The molecule has 0 atom stereocenters. The smallest absolute Gasteiger partial charge is 0.153 e. The van der Waals surface area contributed by atoms with Crippen molar-refractivity contribution in [2.75, 3.05) is 5.73 Å². The third-order valence-corrected chi connectivity index (χ3v) is 2.32. The number of nitrogens with two attached hydrogens (primary N) is 1. The van der Waals surface area contributed by atoms with E-state index in [0.29, 0.717) is 11.4 Å². The zero-order valence-electron chi connectivity index (χ0n) is 8.15. The fraction of sp³-hybridized carbons (Fsp3) is 0. The summed E-state index contributed by atoms with van der Waals surface area (Å²) in [6.07, 6.45) is 3.15. The molecule has 2 rings (SSSR count). The van der Waals surface area contributed by atoms with Gasteiger partial charge in [-0.1, -0.05) is 0 Å². The summed E-state index contributed by atoms with van der Waals surface area (Å²) in [7, 11) is 0. The Morgan fingerprint density at radius 1 is 1.25 bits per heavy atom. The van der Waals surface area contributed by atoms with Crippen LogP contribution in [-0.2, 0) is 0 Å². The molecule has 1 aromatic carbocycles. The van der Waals surface area contributed by atoms with Crippen molar-refractivity contribution in [3.05, 3.63) is 46.9 Å². The lowest BCUT2D eigenvalue weighted by atomic mass is 10.3. The first kappa shape index (κ1) is 10.9. The summed E-state index contributed by atoms with van der Waals surface area (Å²) in [5, 5.41) is 0. The lowest BCUT2D eigenvalue weighted by Gasteiger charge is -2.08. The normalized spacial score (nSPS) is 10.1. The van der Waals surface area contributed by atoms with Gasteiger partial charge in [0.25, 0.3) is 0 Å². The summed E-state index contributed by atoms with van der Waals surface area (Å²) in [6.45, 7) is 0. The maximum Gasteiger partial charge on any atom is 0.153 e. The molecule has 0 aliphatic rings. The van der Waals surface area contributed by atoms with Crippen molar-refractivity contribution in [2.24, 2.45) is 0 Å². The predicted octanol–water partition coefficient (Wildman–Crippen LogP) is 3.36. The first-order valence-corrected chi connectivity index (χ1v) is 5.28. The molecule has 82 valence electrons. The molecule has 0 spiro atoms. The largest absolute Gasteiger partial charge is 0.453 e. The summed E-state index contributed by atoms with van der Waals surface area (Å²) in [5.41, 5.74) is 6.03. The second-order valence-electron chi connectivity index (χ2n) is 3.12. The van der Waals surface area contributed by atoms with E-state index in [-0.39, 0.29) is 5.75 Å². The van der Waals surface area contributed by atoms with Gasteiger partial charge in [0.2, 0.25) is 0 Å². The molecule has 0 saturated carbocycles. The van der Waals surface area contributed by atoms with Crippen LogP contribution >= 0.6 is 15.9 Å². The molecule has 3 nitrogen and oxygen atoms in total. The minimum Gasteiger partial charge on any atom is -0.453 e. The fourth-order valence-corrected chi connectivity index (χ4v) is 1.52.